The SMILES string of the molecule is COc1cccc(N[C@H]2CCCCCCC[C@@H]3C[C@@]3(C(=O)NS(=O)(=O)C3CC3)NC(=O)[C@@H]3C[C@@H](Oc4nc5ccc(Br)cc5s4)CN3C2=O)c1. The highest BCUT2D eigenvalue weighted by molar-refractivity contribution is 9.10. The van der Waals surface area contributed by atoms with Gasteiger partial charge in [-0.3, -0.25) is 19.1 Å². The molecule has 15 heteroatoms. The number of hydrogen-bond donors (Lipinski definition) is 3. The molecular weight excluding hydrogens is 746 g/mol. The quantitative estimate of drug-likeness (QED) is 0.282. The number of hydrogen-bond acceptors (Lipinski definition) is 10. The first-order valence-corrected chi connectivity index (χ1v) is 20.5. The Labute approximate surface area is 304 Å². The van der Waals surface area contributed by atoms with E-state index in [4.69, 9.17) is 9.47 Å². The molecule has 268 valence electrons. The maximum absolute atomic E-state index is 14.5. The van der Waals surface area contributed by atoms with E-state index in [1.54, 1.807) is 12.0 Å². The molecule has 2 saturated carbocycles. The van der Waals surface area contributed by atoms with Gasteiger partial charge in [-0.15, -0.1) is 0 Å². The highest BCUT2D eigenvalue weighted by Crippen LogP contribution is 2.48. The first-order valence-electron chi connectivity index (χ1n) is 17.4. The Hall–Kier alpha value is -3.43. The highest BCUT2D eigenvalue weighted by Gasteiger charge is 2.62. The Morgan fingerprint density at radius 2 is 1.84 bits per heavy atom. The summed E-state index contributed by atoms with van der Waals surface area (Å²) in [6.07, 6.45) is 6.81. The van der Waals surface area contributed by atoms with Crippen molar-refractivity contribution in [1.29, 1.82) is 0 Å². The number of ether oxygens (including phenoxy) is 2. The van der Waals surface area contributed by atoms with Crippen molar-refractivity contribution in [1.82, 2.24) is 19.9 Å². The molecule has 7 rings (SSSR count). The topological polar surface area (TPSA) is 156 Å². The van der Waals surface area contributed by atoms with Gasteiger partial charge in [-0.2, -0.15) is 0 Å². The van der Waals surface area contributed by atoms with Crippen LogP contribution in [0.2, 0.25) is 0 Å². The number of methoxy groups -OCH3 is 1. The molecule has 2 aliphatic heterocycles. The van der Waals surface area contributed by atoms with Gasteiger partial charge in [0.2, 0.25) is 21.8 Å². The smallest absolute Gasteiger partial charge is 0.274 e. The summed E-state index contributed by atoms with van der Waals surface area (Å²) in [5, 5.41) is 6.26. The molecule has 4 aliphatic rings. The van der Waals surface area contributed by atoms with Crippen molar-refractivity contribution >= 4 is 70.9 Å². The van der Waals surface area contributed by atoms with Crippen LogP contribution in [-0.4, -0.2) is 78.7 Å². The van der Waals surface area contributed by atoms with Crippen LogP contribution in [0.3, 0.4) is 0 Å². The van der Waals surface area contributed by atoms with Gasteiger partial charge in [-0.05, 0) is 68.4 Å². The molecule has 12 nitrogen and oxygen atoms in total. The standard InChI is InChI=1S/C35H42BrN5O7S2/c1-47-24-10-7-9-23(17-24)37-28-11-6-4-2-3-5-8-21-19-35(21,33(44)40-50(45,46)26-13-14-26)39-31(42)29-18-25(20-41(29)32(28)43)48-34-38-27-15-12-22(36)16-30(27)49-34/h7,9-10,12,15-17,21,25-26,28-29,37H,2-6,8,11,13-14,18-20H2,1H3,(H,39,42)(H,40,44)/t21-,25-,28+,29+,35-/m1/s1. The number of thiazole rings is 1. The van der Waals surface area contributed by atoms with E-state index in [-0.39, 0.29) is 24.8 Å². The molecule has 0 unspecified atom stereocenters. The van der Waals surface area contributed by atoms with E-state index in [0.717, 1.165) is 52.5 Å². The highest BCUT2D eigenvalue weighted by atomic mass is 79.9. The molecule has 1 aromatic heterocycles. The summed E-state index contributed by atoms with van der Waals surface area (Å²) in [5.74, 6) is -0.957. The van der Waals surface area contributed by atoms with Crippen molar-refractivity contribution in [3.8, 4) is 10.9 Å². The molecule has 0 spiro atoms. The van der Waals surface area contributed by atoms with Gasteiger partial charge < -0.3 is 25.0 Å². The average Bonchev–Trinajstić information content (AvgIpc) is 3.98. The van der Waals surface area contributed by atoms with E-state index < -0.39 is 50.8 Å². The zero-order valence-corrected chi connectivity index (χ0v) is 31.1. The van der Waals surface area contributed by atoms with Crippen molar-refractivity contribution in [2.75, 3.05) is 19.0 Å². The van der Waals surface area contributed by atoms with Crippen LogP contribution in [0.25, 0.3) is 10.2 Å². The van der Waals surface area contributed by atoms with E-state index in [1.165, 1.54) is 11.3 Å². The summed E-state index contributed by atoms with van der Waals surface area (Å²) >= 11 is 4.89. The Kier molecular flexibility index (Phi) is 10.0. The molecule has 0 radical (unpaired) electrons. The van der Waals surface area contributed by atoms with Crippen LogP contribution in [0.1, 0.15) is 70.6 Å². The Morgan fingerprint density at radius 1 is 1.06 bits per heavy atom. The predicted molar refractivity (Wildman–Crippen MR) is 194 cm³/mol. The Morgan fingerprint density at radius 3 is 2.62 bits per heavy atom. The lowest BCUT2D eigenvalue weighted by Crippen LogP contribution is -2.57. The summed E-state index contributed by atoms with van der Waals surface area (Å²) < 4.78 is 41.5. The number of halogens is 1. The van der Waals surface area contributed by atoms with Gasteiger partial charge in [-0.25, -0.2) is 13.4 Å². The summed E-state index contributed by atoms with van der Waals surface area (Å²) in [7, 11) is -2.23. The zero-order valence-electron chi connectivity index (χ0n) is 27.9. The molecule has 2 aromatic carbocycles. The van der Waals surface area contributed by atoms with Crippen molar-refractivity contribution in [2.24, 2.45) is 5.92 Å². The first kappa shape index (κ1) is 35.0. The van der Waals surface area contributed by atoms with Crippen molar-refractivity contribution in [2.45, 2.75) is 99.6 Å². The Balaban J connectivity index is 1.18. The van der Waals surface area contributed by atoms with Gasteiger partial charge in [0.25, 0.3) is 11.1 Å². The second kappa shape index (κ2) is 14.3. The van der Waals surface area contributed by atoms with Crippen molar-refractivity contribution < 1.29 is 32.3 Å². The third kappa shape index (κ3) is 7.59. The molecule has 3 N–H and O–H groups in total. The molecule has 50 heavy (non-hydrogen) atoms. The molecule has 3 aromatic rings. The van der Waals surface area contributed by atoms with Gasteiger partial charge >= 0.3 is 0 Å². The molecule has 2 saturated heterocycles. The van der Waals surface area contributed by atoms with Crippen molar-refractivity contribution in [3.05, 3.63) is 46.9 Å². The van der Waals surface area contributed by atoms with Crippen LogP contribution in [0.4, 0.5) is 5.69 Å². The minimum atomic E-state index is -3.82. The monoisotopic (exact) mass is 787 g/mol. The number of carbonyl (C=O) groups is 3. The lowest BCUT2D eigenvalue weighted by atomic mass is 10.0. The lowest BCUT2D eigenvalue weighted by Gasteiger charge is -2.30. The minimum absolute atomic E-state index is 0.144. The number of aromatic nitrogens is 1. The number of anilines is 1. The number of rotatable bonds is 8. The van der Waals surface area contributed by atoms with Crippen LogP contribution in [0.5, 0.6) is 10.9 Å². The van der Waals surface area contributed by atoms with E-state index in [9.17, 15) is 22.8 Å². The zero-order chi connectivity index (χ0) is 35.0. The van der Waals surface area contributed by atoms with Gasteiger partial charge in [0, 0.05) is 22.6 Å². The van der Waals surface area contributed by atoms with Gasteiger partial charge in [0.15, 0.2) is 0 Å². The van der Waals surface area contributed by atoms with Gasteiger partial charge in [-0.1, -0.05) is 65.4 Å². The third-order valence-corrected chi connectivity index (χ3v) is 13.5. The fraction of sp³-hybridized carbons (Fsp3) is 0.543. The summed E-state index contributed by atoms with van der Waals surface area (Å²) in [6.45, 7) is 0.144. The summed E-state index contributed by atoms with van der Waals surface area (Å²) in [5.41, 5.74) is 0.166. The number of benzene rings is 2. The van der Waals surface area contributed by atoms with Crippen LogP contribution >= 0.6 is 27.3 Å². The van der Waals surface area contributed by atoms with Crippen LogP contribution < -0.4 is 24.8 Å². The van der Waals surface area contributed by atoms with E-state index in [0.29, 0.717) is 43.0 Å². The number of sulfonamides is 1. The number of nitrogens with one attached hydrogen (secondary N) is 3. The van der Waals surface area contributed by atoms with Crippen LogP contribution in [-0.2, 0) is 24.4 Å². The largest absolute Gasteiger partial charge is 0.497 e. The number of nitrogens with zero attached hydrogens (tertiary/aromatic N) is 2. The number of fused-ring (bicyclic) bond motifs is 3. The van der Waals surface area contributed by atoms with Crippen LogP contribution in [0.15, 0.2) is 46.9 Å². The van der Waals surface area contributed by atoms with Gasteiger partial charge in [0.1, 0.15) is 29.5 Å². The number of amides is 3. The lowest BCUT2D eigenvalue weighted by molar-refractivity contribution is -0.140. The average molecular weight is 789 g/mol. The summed E-state index contributed by atoms with van der Waals surface area (Å²) in [6, 6.07) is 11.6. The molecule has 3 amide bonds. The molecule has 2 aliphatic carbocycles. The number of carbonyl (C=O) groups excluding carboxylic acids is 3. The molecular formula is C35H42BrN5O7S2. The van der Waals surface area contributed by atoms with Gasteiger partial charge in [0.05, 0.1) is 29.1 Å². The second-order valence-corrected chi connectivity index (χ2v) is 17.8. The Bertz CT molecular complexity index is 1890. The summed E-state index contributed by atoms with van der Waals surface area (Å²) in [4.78, 5) is 48.7. The second-order valence-electron chi connectivity index (χ2n) is 13.9. The fourth-order valence-electron chi connectivity index (χ4n) is 7.24. The normalized spacial score (nSPS) is 27.7. The molecule has 3 heterocycles. The third-order valence-electron chi connectivity index (χ3n) is 10.3. The molecule has 0 bridgehead atoms. The van der Waals surface area contributed by atoms with Crippen LogP contribution in [0, 0.1) is 5.92 Å². The van der Waals surface area contributed by atoms with E-state index >= 15 is 0 Å². The van der Waals surface area contributed by atoms with E-state index in [1.807, 2.05) is 42.5 Å². The maximum Gasteiger partial charge on any atom is 0.274 e. The molecule has 4 fully saturated rings. The van der Waals surface area contributed by atoms with Crippen molar-refractivity contribution in [3.63, 3.8) is 0 Å². The minimum Gasteiger partial charge on any atom is -0.497 e. The fourth-order valence-corrected chi connectivity index (χ4v) is 10.0. The first-order chi connectivity index (χ1) is 24.0. The maximum atomic E-state index is 14.5. The predicted octanol–water partition coefficient (Wildman–Crippen LogP) is 5.12. The molecule has 5 atom stereocenters. The van der Waals surface area contributed by atoms with E-state index in [2.05, 4.69) is 36.3 Å².